The van der Waals surface area contributed by atoms with Crippen molar-refractivity contribution in [3.8, 4) is 5.88 Å². The maximum atomic E-state index is 11.9. The van der Waals surface area contributed by atoms with Gasteiger partial charge in [0, 0.05) is 45.3 Å². The third-order valence-electron chi connectivity index (χ3n) is 4.85. The number of carbonyl (C=O) groups excluding carboxylic acids is 1. The first kappa shape index (κ1) is 20.1. The second kappa shape index (κ2) is 10.6. The number of piperazine rings is 1. The Morgan fingerprint density at radius 2 is 1.82 bits per heavy atom. The fraction of sp³-hybridized carbons (Fsp3) is 0.429. The van der Waals surface area contributed by atoms with Crippen molar-refractivity contribution >= 4 is 11.7 Å². The predicted molar refractivity (Wildman–Crippen MR) is 111 cm³/mol. The van der Waals surface area contributed by atoms with Gasteiger partial charge >= 0.3 is 6.03 Å². The zero-order valence-electron chi connectivity index (χ0n) is 16.4. The summed E-state index contributed by atoms with van der Waals surface area (Å²) in [7, 11) is 1.56. The molecule has 7 nitrogen and oxygen atoms in total. The van der Waals surface area contributed by atoms with E-state index in [1.54, 1.807) is 25.4 Å². The van der Waals surface area contributed by atoms with E-state index in [0.29, 0.717) is 18.1 Å². The second-order valence-electron chi connectivity index (χ2n) is 6.93. The van der Waals surface area contributed by atoms with Crippen molar-refractivity contribution in [2.45, 2.75) is 13.0 Å². The lowest BCUT2D eigenvalue weighted by Crippen LogP contribution is -2.46. The van der Waals surface area contributed by atoms with E-state index in [2.05, 4.69) is 55.7 Å². The van der Waals surface area contributed by atoms with Crippen molar-refractivity contribution in [3.63, 3.8) is 0 Å². The van der Waals surface area contributed by atoms with Gasteiger partial charge in [0.15, 0.2) is 0 Å². The minimum atomic E-state index is -0.209. The molecule has 3 rings (SSSR count). The van der Waals surface area contributed by atoms with Gasteiger partial charge < -0.3 is 20.3 Å². The fourth-order valence-electron chi connectivity index (χ4n) is 3.27. The summed E-state index contributed by atoms with van der Waals surface area (Å²) in [6.07, 6.45) is 2.51. The van der Waals surface area contributed by atoms with Crippen molar-refractivity contribution < 1.29 is 9.53 Å². The van der Waals surface area contributed by atoms with E-state index in [1.165, 1.54) is 5.56 Å². The number of rotatable bonds is 8. The highest BCUT2D eigenvalue weighted by molar-refractivity contribution is 5.88. The van der Waals surface area contributed by atoms with Gasteiger partial charge in [0.25, 0.3) is 0 Å². The average Bonchev–Trinajstić information content (AvgIpc) is 2.74. The molecule has 0 atom stereocenters. The highest BCUT2D eigenvalue weighted by atomic mass is 16.5. The van der Waals surface area contributed by atoms with Crippen molar-refractivity contribution in [2.75, 3.05) is 51.7 Å². The topological polar surface area (TPSA) is 69.7 Å². The maximum Gasteiger partial charge on any atom is 0.319 e. The van der Waals surface area contributed by atoms with Crippen LogP contribution in [0.2, 0.25) is 0 Å². The van der Waals surface area contributed by atoms with Crippen LogP contribution in [0.1, 0.15) is 12.0 Å². The van der Waals surface area contributed by atoms with Crippen LogP contribution < -0.4 is 15.4 Å². The van der Waals surface area contributed by atoms with Crippen LogP contribution in [0, 0.1) is 0 Å². The molecule has 2 amide bonds. The van der Waals surface area contributed by atoms with Gasteiger partial charge in [0.1, 0.15) is 0 Å². The molecular weight excluding hydrogens is 354 g/mol. The van der Waals surface area contributed by atoms with E-state index in [0.717, 1.165) is 45.7 Å². The number of urea groups is 1. The summed E-state index contributed by atoms with van der Waals surface area (Å²) >= 11 is 0. The number of aromatic nitrogens is 1. The molecule has 0 aliphatic carbocycles. The third-order valence-corrected chi connectivity index (χ3v) is 4.85. The molecule has 0 saturated carbocycles. The number of nitrogens with zero attached hydrogens (tertiary/aromatic N) is 3. The summed E-state index contributed by atoms with van der Waals surface area (Å²) < 4.78 is 5.00. The van der Waals surface area contributed by atoms with Gasteiger partial charge in [-0.1, -0.05) is 30.3 Å². The number of hydrogen-bond donors (Lipinski definition) is 2. The molecule has 1 aromatic heterocycles. The number of nitrogens with one attached hydrogen (secondary N) is 2. The number of amides is 2. The van der Waals surface area contributed by atoms with Gasteiger partial charge in [-0.2, -0.15) is 0 Å². The van der Waals surface area contributed by atoms with Crippen molar-refractivity contribution in [1.29, 1.82) is 0 Å². The Morgan fingerprint density at radius 1 is 1.07 bits per heavy atom. The summed E-state index contributed by atoms with van der Waals surface area (Å²) in [5.74, 6) is 0.523. The molecule has 1 saturated heterocycles. The van der Waals surface area contributed by atoms with Crippen molar-refractivity contribution in [3.05, 3.63) is 54.2 Å². The molecule has 1 fully saturated rings. The normalized spacial score (nSPS) is 15.2. The number of methoxy groups -OCH3 is 1. The van der Waals surface area contributed by atoms with E-state index in [-0.39, 0.29) is 6.03 Å². The second-order valence-corrected chi connectivity index (χ2v) is 6.93. The van der Waals surface area contributed by atoms with Crippen LogP contribution >= 0.6 is 0 Å². The largest absolute Gasteiger partial charge is 0.481 e. The van der Waals surface area contributed by atoms with Crippen LogP contribution in [-0.2, 0) is 6.54 Å². The number of benzene rings is 1. The molecule has 0 radical (unpaired) electrons. The molecule has 28 heavy (non-hydrogen) atoms. The summed E-state index contributed by atoms with van der Waals surface area (Å²) in [4.78, 5) is 21.0. The lowest BCUT2D eigenvalue weighted by Gasteiger charge is -2.34. The number of pyridine rings is 1. The number of anilines is 1. The quantitative estimate of drug-likeness (QED) is 0.685. The predicted octanol–water partition coefficient (Wildman–Crippen LogP) is 2.42. The highest BCUT2D eigenvalue weighted by Crippen LogP contribution is 2.11. The van der Waals surface area contributed by atoms with Crippen LogP contribution in [0.3, 0.4) is 0 Å². The van der Waals surface area contributed by atoms with Crippen molar-refractivity contribution in [1.82, 2.24) is 20.1 Å². The minimum Gasteiger partial charge on any atom is -0.481 e. The van der Waals surface area contributed by atoms with E-state index in [9.17, 15) is 4.79 Å². The highest BCUT2D eigenvalue weighted by Gasteiger charge is 2.16. The molecule has 150 valence electrons. The zero-order valence-corrected chi connectivity index (χ0v) is 16.4. The molecule has 2 heterocycles. The Labute approximate surface area is 166 Å². The van der Waals surface area contributed by atoms with Gasteiger partial charge in [-0.05, 0) is 24.6 Å². The van der Waals surface area contributed by atoms with Crippen LogP contribution in [-0.4, -0.2) is 67.2 Å². The van der Waals surface area contributed by atoms with Gasteiger partial charge in [-0.15, -0.1) is 0 Å². The van der Waals surface area contributed by atoms with Gasteiger partial charge in [-0.25, -0.2) is 9.78 Å². The van der Waals surface area contributed by atoms with Gasteiger partial charge in [0.05, 0.1) is 19.0 Å². The Hall–Kier alpha value is -2.64. The molecule has 7 heteroatoms. The number of carbonyl (C=O) groups is 1. The number of hydrogen-bond acceptors (Lipinski definition) is 5. The summed E-state index contributed by atoms with van der Waals surface area (Å²) in [5, 5.41) is 5.67. The Balaban J connectivity index is 1.27. The Morgan fingerprint density at radius 3 is 2.50 bits per heavy atom. The molecule has 1 aliphatic rings. The minimum absolute atomic E-state index is 0.209. The van der Waals surface area contributed by atoms with Gasteiger partial charge in [0.2, 0.25) is 5.88 Å². The zero-order chi connectivity index (χ0) is 19.6. The average molecular weight is 383 g/mol. The maximum absolute atomic E-state index is 11.9. The van der Waals surface area contributed by atoms with Crippen molar-refractivity contribution in [2.24, 2.45) is 0 Å². The molecule has 2 N–H and O–H groups in total. The monoisotopic (exact) mass is 383 g/mol. The molecule has 0 unspecified atom stereocenters. The van der Waals surface area contributed by atoms with Gasteiger partial charge in [-0.3, -0.25) is 4.90 Å². The fourth-order valence-corrected chi connectivity index (χ4v) is 3.27. The Kier molecular flexibility index (Phi) is 7.63. The van der Waals surface area contributed by atoms with E-state index < -0.39 is 0 Å². The van der Waals surface area contributed by atoms with Crippen LogP contribution in [0.15, 0.2) is 48.7 Å². The molecular formula is C21H29N5O2. The van der Waals surface area contributed by atoms with Crippen LogP contribution in [0.4, 0.5) is 10.5 Å². The molecule has 1 aliphatic heterocycles. The molecule has 2 aromatic rings. The number of ether oxygens (including phenoxy) is 1. The van der Waals surface area contributed by atoms with E-state index >= 15 is 0 Å². The SMILES string of the molecule is COc1ccc(NC(=O)NCCCN2CCN(Cc3ccccc3)CC2)cn1. The smallest absolute Gasteiger partial charge is 0.319 e. The van der Waals surface area contributed by atoms with Crippen LogP contribution in [0.25, 0.3) is 0 Å². The van der Waals surface area contributed by atoms with E-state index in [1.807, 2.05) is 0 Å². The Bertz CT molecular complexity index is 715. The summed E-state index contributed by atoms with van der Waals surface area (Å²) in [5.41, 5.74) is 2.02. The van der Waals surface area contributed by atoms with E-state index in [4.69, 9.17) is 4.74 Å². The molecule has 1 aromatic carbocycles. The first-order valence-corrected chi connectivity index (χ1v) is 9.76. The summed E-state index contributed by atoms with van der Waals surface area (Å²) in [6.45, 7) is 7.02. The first-order chi connectivity index (χ1) is 13.7. The standard InChI is InChI=1S/C21H29N5O2/c1-28-20-9-8-19(16-23-20)24-21(27)22-10-5-11-25-12-14-26(15-13-25)17-18-6-3-2-4-7-18/h2-4,6-9,16H,5,10-15,17H2,1H3,(H2,22,24,27). The molecule has 0 bridgehead atoms. The summed E-state index contributed by atoms with van der Waals surface area (Å²) in [6, 6.07) is 13.9. The molecule has 0 spiro atoms. The lowest BCUT2D eigenvalue weighted by molar-refractivity contribution is 0.126. The van der Waals surface area contributed by atoms with Crippen LogP contribution in [0.5, 0.6) is 5.88 Å². The first-order valence-electron chi connectivity index (χ1n) is 9.76. The lowest BCUT2D eigenvalue weighted by atomic mass is 10.2. The third kappa shape index (κ3) is 6.51.